The third-order valence-corrected chi connectivity index (χ3v) is 6.75. The number of aliphatic hydroxyl groups excluding tert-OH is 1. The van der Waals surface area contributed by atoms with Crippen molar-refractivity contribution in [2.45, 2.75) is 63.8 Å². The van der Waals surface area contributed by atoms with Crippen molar-refractivity contribution in [2.75, 3.05) is 18.1 Å². The number of rotatable bonds is 10. The van der Waals surface area contributed by atoms with Gasteiger partial charge in [-0.2, -0.15) is 11.4 Å². The van der Waals surface area contributed by atoms with Gasteiger partial charge in [-0.25, -0.2) is 14.6 Å². The first-order valence-electron chi connectivity index (χ1n) is 10.3. The fraction of sp³-hybridized carbons (Fsp3) is 0.600. The molecule has 0 saturated carbocycles. The maximum absolute atomic E-state index is 12.3. The molecule has 0 aliphatic carbocycles. The van der Waals surface area contributed by atoms with Gasteiger partial charge in [0.05, 0.1) is 16.0 Å². The van der Waals surface area contributed by atoms with Crippen molar-refractivity contribution >= 4 is 55.9 Å². The zero-order valence-corrected chi connectivity index (χ0v) is 22.5. The van der Waals surface area contributed by atoms with Crippen LogP contribution in [0.15, 0.2) is 23.4 Å². The monoisotopic (exact) mass is 536 g/mol. The lowest BCUT2D eigenvalue weighted by molar-refractivity contribution is -0.388. The van der Waals surface area contributed by atoms with Crippen LogP contribution in [0.2, 0.25) is 0 Å². The van der Waals surface area contributed by atoms with Crippen molar-refractivity contribution in [3.05, 3.63) is 28.4 Å². The van der Waals surface area contributed by atoms with Crippen LogP contribution in [0.25, 0.3) is 0 Å². The number of aromatic nitrogens is 1. The van der Waals surface area contributed by atoms with Crippen LogP contribution in [0.3, 0.4) is 0 Å². The predicted molar refractivity (Wildman–Crippen MR) is 138 cm³/mol. The standard InChI is InChI=1S/C20H32N4O7S3/c1-19(2,3)30-17(26)22-10-11-32-16(25)13(23-18(27)31-20(4,5)6)12-33-34-15-14(24(28)29)8-7-9-21-15/h7-9,13,25,32H,10-12H2,1-6H3,(H,22,26)(H,23,27)/t13-/m0/s1. The molecule has 0 saturated heterocycles. The van der Waals surface area contributed by atoms with E-state index in [4.69, 9.17) is 9.47 Å². The molecule has 0 fully saturated rings. The summed E-state index contributed by atoms with van der Waals surface area (Å²) in [6.45, 7) is 10.7. The van der Waals surface area contributed by atoms with Gasteiger partial charge in [0, 0.05) is 30.3 Å². The fourth-order valence-corrected chi connectivity index (χ4v) is 5.30. The zero-order valence-electron chi connectivity index (χ0n) is 20.0. The van der Waals surface area contributed by atoms with Gasteiger partial charge in [-0.05, 0) is 58.4 Å². The highest BCUT2D eigenvalue weighted by atomic mass is 33.1. The number of aliphatic hydroxyl groups is 1. The van der Waals surface area contributed by atoms with Crippen molar-refractivity contribution in [1.29, 1.82) is 0 Å². The van der Waals surface area contributed by atoms with Crippen LogP contribution in [-0.4, -0.2) is 67.5 Å². The molecule has 0 bridgehead atoms. The van der Waals surface area contributed by atoms with Crippen LogP contribution in [0.4, 0.5) is 15.3 Å². The van der Waals surface area contributed by atoms with Crippen LogP contribution in [-0.2, 0) is 9.47 Å². The lowest BCUT2D eigenvalue weighted by Crippen LogP contribution is -2.44. The Morgan fingerprint density at radius 2 is 1.82 bits per heavy atom. The third kappa shape index (κ3) is 13.0. The number of alkyl carbamates (subject to hydrolysis) is 2. The van der Waals surface area contributed by atoms with E-state index in [-0.39, 0.29) is 28.1 Å². The van der Waals surface area contributed by atoms with Gasteiger partial charge < -0.3 is 25.2 Å². The molecule has 0 radical (unpaired) electrons. The number of nitro groups is 1. The van der Waals surface area contributed by atoms with Crippen molar-refractivity contribution < 1.29 is 29.1 Å². The Morgan fingerprint density at radius 3 is 2.41 bits per heavy atom. The average Bonchev–Trinajstić information content (AvgIpc) is 2.67. The number of carbonyl (C=O) groups is 2. The summed E-state index contributed by atoms with van der Waals surface area (Å²) in [5, 5.41) is 27.2. The number of nitrogens with zero attached hydrogens (tertiary/aromatic N) is 2. The fourth-order valence-electron chi connectivity index (χ4n) is 2.13. The molecule has 1 heterocycles. The Balaban J connectivity index is 2.77. The summed E-state index contributed by atoms with van der Waals surface area (Å²) in [4.78, 5) is 38.6. The first-order chi connectivity index (χ1) is 15.7. The van der Waals surface area contributed by atoms with Crippen LogP contribution in [0.5, 0.6) is 0 Å². The molecule has 0 spiro atoms. The van der Waals surface area contributed by atoms with E-state index in [9.17, 15) is 24.8 Å². The Bertz CT molecular complexity index is 886. The van der Waals surface area contributed by atoms with Gasteiger partial charge in [-0.15, -0.1) is 0 Å². The van der Waals surface area contributed by atoms with E-state index in [1.54, 1.807) is 41.5 Å². The summed E-state index contributed by atoms with van der Waals surface area (Å²) < 4.78 is 10.4. The molecule has 3 N–H and O–H groups in total. The maximum atomic E-state index is 12.3. The first kappa shape index (κ1) is 30.0. The van der Waals surface area contributed by atoms with Crippen molar-refractivity contribution in [1.82, 2.24) is 15.6 Å². The number of pyridine rings is 1. The number of hydrogen-bond acceptors (Lipinski definition) is 9. The number of ether oxygens (including phenoxy) is 2. The van der Waals surface area contributed by atoms with Gasteiger partial charge in [-0.3, -0.25) is 10.1 Å². The molecular formula is C20H32N4O7S3. The minimum absolute atomic E-state index is 0.0412. The zero-order chi connectivity index (χ0) is 25.9. The molecule has 1 aromatic rings. The molecule has 1 atom stereocenters. The molecule has 0 unspecified atom stereocenters. The summed E-state index contributed by atoms with van der Waals surface area (Å²) in [5.41, 5.74) is -1.47. The normalized spacial score (nSPS) is 13.3. The predicted octanol–water partition coefficient (Wildman–Crippen LogP) is 4.30. The molecule has 1 rings (SSSR count). The van der Waals surface area contributed by atoms with Gasteiger partial charge in [0.25, 0.3) is 0 Å². The summed E-state index contributed by atoms with van der Waals surface area (Å²) >= 11 is 0.481. The Hall–Kier alpha value is -2.03. The molecule has 1 aromatic heterocycles. The molecule has 11 nitrogen and oxygen atoms in total. The van der Waals surface area contributed by atoms with Crippen LogP contribution in [0.1, 0.15) is 41.5 Å². The second kappa shape index (κ2) is 13.8. The average molecular weight is 537 g/mol. The van der Waals surface area contributed by atoms with E-state index in [2.05, 4.69) is 15.6 Å². The topological polar surface area (TPSA) is 153 Å². The smallest absolute Gasteiger partial charge is 0.408 e. The maximum Gasteiger partial charge on any atom is 0.408 e. The van der Waals surface area contributed by atoms with E-state index in [1.807, 2.05) is 0 Å². The number of carbonyl (C=O) groups excluding carboxylic acids is 2. The second-order valence-electron chi connectivity index (χ2n) is 8.82. The van der Waals surface area contributed by atoms with Crippen LogP contribution >= 0.6 is 32.9 Å². The van der Waals surface area contributed by atoms with Crippen molar-refractivity contribution in [3.63, 3.8) is 0 Å². The largest absolute Gasteiger partial charge is 0.444 e. The molecular weight excluding hydrogens is 504 g/mol. The summed E-state index contributed by atoms with van der Waals surface area (Å²) in [6, 6.07) is 2.04. The molecule has 14 heteroatoms. The third-order valence-electron chi connectivity index (χ3n) is 3.38. The minimum atomic E-state index is -0.793. The van der Waals surface area contributed by atoms with Crippen LogP contribution in [0, 0.1) is 10.1 Å². The minimum Gasteiger partial charge on any atom is -0.444 e. The van der Waals surface area contributed by atoms with Crippen molar-refractivity contribution in [2.24, 2.45) is 0 Å². The highest BCUT2D eigenvalue weighted by molar-refractivity contribution is 8.76. The highest BCUT2D eigenvalue weighted by Crippen LogP contribution is 2.35. The molecule has 0 aromatic carbocycles. The lowest BCUT2D eigenvalue weighted by atomic mass is 10.2. The Kier molecular flexibility index (Phi) is 12.1. The second-order valence-corrected chi connectivity index (χ2v) is 12.4. The highest BCUT2D eigenvalue weighted by Gasteiger charge is 2.23. The number of nitrogens with one attached hydrogen (secondary N) is 2. The molecule has 0 aliphatic rings. The Morgan fingerprint density at radius 1 is 1.21 bits per heavy atom. The van der Waals surface area contributed by atoms with Gasteiger partial charge in [0.2, 0.25) is 0 Å². The molecule has 192 valence electrons. The number of hydrogen-bond donors (Lipinski definition) is 4. The van der Waals surface area contributed by atoms with Gasteiger partial charge in [0.15, 0.2) is 5.03 Å². The van der Waals surface area contributed by atoms with Gasteiger partial charge in [-0.1, -0.05) is 10.8 Å². The quantitative estimate of drug-likeness (QED) is 0.0850. The summed E-state index contributed by atoms with van der Waals surface area (Å²) in [5.74, 6) is 0.567. The molecule has 2 amide bonds. The Labute approximate surface area is 210 Å². The lowest BCUT2D eigenvalue weighted by Gasteiger charge is -2.23. The summed E-state index contributed by atoms with van der Waals surface area (Å²) in [6.07, 6.45) is 0.182. The van der Waals surface area contributed by atoms with E-state index < -0.39 is 34.4 Å². The molecule has 34 heavy (non-hydrogen) atoms. The SMILES string of the molecule is CC(C)(C)OC(=O)NCC[SH]=C(O)[C@H](CSSc1ncccc1[N+](=O)[O-])NC(=O)OC(C)(C)C. The number of thiol groups is 1. The number of amides is 2. The molecule has 0 aliphatic heterocycles. The van der Waals surface area contributed by atoms with Gasteiger partial charge in [0.1, 0.15) is 11.2 Å². The van der Waals surface area contributed by atoms with E-state index in [0.717, 1.165) is 10.8 Å². The van der Waals surface area contributed by atoms with Crippen molar-refractivity contribution in [3.8, 4) is 0 Å². The van der Waals surface area contributed by atoms with Crippen LogP contribution < -0.4 is 10.6 Å². The first-order valence-corrected chi connectivity index (χ1v) is 13.7. The summed E-state index contributed by atoms with van der Waals surface area (Å²) in [7, 11) is 2.26. The van der Waals surface area contributed by atoms with E-state index in [1.165, 1.54) is 29.1 Å². The van der Waals surface area contributed by atoms with E-state index in [0.29, 0.717) is 17.1 Å². The van der Waals surface area contributed by atoms with Gasteiger partial charge >= 0.3 is 17.9 Å². The van der Waals surface area contributed by atoms with E-state index >= 15 is 0 Å².